The van der Waals surface area contributed by atoms with E-state index in [2.05, 4.69) is 5.32 Å². The summed E-state index contributed by atoms with van der Waals surface area (Å²) in [4.78, 5) is 12.0. The summed E-state index contributed by atoms with van der Waals surface area (Å²) in [7, 11) is 0. The number of hydrogen-bond acceptors (Lipinski definition) is 2. The fraction of sp³-hybridized carbons (Fsp3) is 0. The second-order valence-electron chi connectivity index (χ2n) is 5.25. The van der Waals surface area contributed by atoms with Crippen molar-refractivity contribution >= 4 is 63.5 Å². The Balaban J connectivity index is 1.72. The molecule has 3 rings (SSSR count). The highest BCUT2D eigenvalue weighted by atomic mass is 127. The second-order valence-corrected chi connectivity index (χ2v) is 7.28. The van der Waals surface area contributed by atoms with Gasteiger partial charge in [-0.15, -0.1) is 0 Å². The Morgan fingerprint density at radius 2 is 1.96 bits per heavy atom. The molecule has 1 N–H and O–H groups in total. The number of carbonyl (C=O) groups is 1. The number of amides is 1. The van der Waals surface area contributed by atoms with E-state index in [9.17, 15) is 9.18 Å². The number of halogens is 4. The SMILES string of the molecule is O=C(C=Cc1ccc(-c2cccc(Cl)c2Cl)o1)Nc1ccc(I)cc1F. The molecule has 0 aliphatic carbocycles. The van der Waals surface area contributed by atoms with Gasteiger partial charge < -0.3 is 9.73 Å². The van der Waals surface area contributed by atoms with Crippen molar-refractivity contribution < 1.29 is 13.6 Å². The van der Waals surface area contributed by atoms with Gasteiger partial charge >= 0.3 is 0 Å². The largest absolute Gasteiger partial charge is 0.457 e. The van der Waals surface area contributed by atoms with Gasteiger partial charge in [0.2, 0.25) is 5.91 Å². The van der Waals surface area contributed by atoms with Gasteiger partial charge in [-0.3, -0.25) is 4.79 Å². The van der Waals surface area contributed by atoms with Gasteiger partial charge in [-0.25, -0.2) is 4.39 Å². The first-order valence-electron chi connectivity index (χ1n) is 7.42. The van der Waals surface area contributed by atoms with Crippen molar-refractivity contribution in [2.75, 3.05) is 5.32 Å². The average Bonchev–Trinajstić information content (AvgIpc) is 3.07. The Labute approximate surface area is 172 Å². The highest BCUT2D eigenvalue weighted by Gasteiger charge is 2.10. The van der Waals surface area contributed by atoms with Gasteiger partial charge in [0.1, 0.15) is 17.3 Å². The van der Waals surface area contributed by atoms with Crippen LogP contribution in [-0.2, 0) is 4.79 Å². The van der Waals surface area contributed by atoms with Gasteiger partial charge in [-0.1, -0.05) is 29.3 Å². The molecule has 3 aromatic rings. The molecular weight excluding hydrogens is 491 g/mol. The van der Waals surface area contributed by atoms with Crippen molar-refractivity contribution in [3.8, 4) is 11.3 Å². The van der Waals surface area contributed by atoms with Crippen LogP contribution in [-0.4, -0.2) is 5.91 Å². The quantitative estimate of drug-likeness (QED) is 0.321. The zero-order chi connectivity index (χ0) is 18.7. The maximum absolute atomic E-state index is 13.8. The van der Waals surface area contributed by atoms with Gasteiger partial charge in [0.15, 0.2) is 0 Å². The number of hydrogen-bond donors (Lipinski definition) is 1. The van der Waals surface area contributed by atoms with E-state index in [0.717, 1.165) is 3.57 Å². The van der Waals surface area contributed by atoms with E-state index in [4.69, 9.17) is 27.6 Å². The molecule has 3 nitrogen and oxygen atoms in total. The van der Waals surface area contributed by atoms with Crippen LogP contribution in [0.4, 0.5) is 10.1 Å². The molecule has 132 valence electrons. The van der Waals surface area contributed by atoms with Crippen LogP contribution >= 0.6 is 45.8 Å². The number of nitrogens with one attached hydrogen (secondary N) is 1. The molecule has 0 saturated heterocycles. The van der Waals surface area contributed by atoms with E-state index in [0.29, 0.717) is 27.1 Å². The maximum Gasteiger partial charge on any atom is 0.248 e. The summed E-state index contributed by atoms with van der Waals surface area (Å²) in [5, 5.41) is 3.30. The number of rotatable bonds is 4. The van der Waals surface area contributed by atoms with E-state index in [-0.39, 0.29) is 5.69 Å². The summed E-state index contributed by atoms with van der Waals surface area (Å²) < 4.78 is 20.2. The number of carbonyl (C=O) groups excluding carboxylic acids is 1. The van der Waals surface area contributed by atoms with E-state index in [1.807, 2.05) is 22.6 Å². The summed E-state index contributed by atoms with van der Waals surface area (Å²) in [5.41, 5.74) is 0.773. The molecule has 0 unspecified atom stereocenters. The van der Waals surface area contributed by atoms with Crippen LogP contribution < -0.4 is 5.32 Å². The molecular formula is C19H11Cl2FINO2. The number of anilines is 1. The Morgan fingerprint density at radius 3 is 2.73 bits per heavy atom. The number of benzene rings is 2. The Morgan fingerprint density at radius 1 is 1.15 bits per heavy atom. The van der Waals surface area contributed by atoms with E-state index < -0.39 is 11.7 Å². The van der Waals surface area contributed by atoms with Gasteiger partial charge in [0.05, 0.1) is 15.7 Å². The topological polar surface area (TPSA) is 42.2 Å². The van der Waals surface area contributed by atoms with Crippen molar-refractivity contribution in [3.05, 3.63) is 79.8 Å². The molecule has 0 aliphatic heterocycles. The third-order valence-corrected chi connectivity index (χ3v) is 4.92. The average molecular weight is 502 g/mol. The first-order chi connectivity index (χ1) is 12.4. The smallest absolute Gasteiger partial charge is 0.248 e. The third-order valence-electron chi connectivity index (χ3n) is 3.43. The van der Waals surface area contributed by atoms with Crippen LogP contribution in [0, 0.1) is 9.39 Å². The van der Waals surface area contributed by atoms with Gasteiger partial charge in [-0.05, 0) is 71.1 Å². The standard InChI is InChI=1S/C19H11Cl2FINO2/c20-14-3-1-2-13(19(14)21)17-8-5-12(26-17)6-9-18(25)24-16-7-4-11(23)10-15(16)22/h1-10H,(H,24,25). The summed E-state index contributed by atoms with van der Waals surface area (Å²) in [6, 6.07) is 13.2. The lowest BCUT2D eigenvalue weighted by Crippen LogP contribution is -2.09. The van der Waals surface area contributed by atoms with Crippen molar-refractivity contribution in [1.29, 1.82) is 0 Å². The first-order valence-corrected chi connectivity index (χ1v) is 9.26. The predicted molar refractivity (Wildman–Crippen MR) is 111 cm³/mol. The monoisotopic (exact) mass is 501 g/mol. The van der Waals surface area contributed by atoms with E-state index >= 15 is 0 Å². The van der Waals surface area contributed by atoms with Gasteiger partial charge in [0, 0.05) is 15.2 Å². The van der Waals surface area contributed by atoms with Crippen LogP contribution in [0.2, 0.25) is 10.0 Å². The minimum Gasteiger partial charge on any atom is -0.457 e. The van der Waals surface area contributed by atoms with E-state index in [1.165, 1.54) is 24.3 Å². The van der Waals surface area contributed by atoms with Crippen molar-refractivity contribution in [2.45, 2.75) is 0 Å². The summed E-state index contributed by atoms with van der Waals surface area (Å²) in [5.74, 6) is 0.0221. The highest BCUT2D eigenvalue weighted by molar-refractivity contribution is 14.1. The van der Waals surface area contributed by atoms with Crippen LogP contribution in [0.3, 0.4) is 0 Å². The lowest BCUT2D eigenvalue weighted by molar-refractivity contribution is -0.111. The summed E-state index contributed by atoms with van der Waals surface area (Å²) in [6.45, 7) is 0. The highest BCUT2D eigenvalue weighted by Crippen LogP contribution is 2.34. The summed E-state index contributed by atoms with van der Waals surface area (Å²) >= 11 is 14.2. The zero-order valence-electron chi connectivity index (χ0n) is 13.1. The molecule has 0 aliphatic rings. The fourth-order valence-corrected chi connectivity index (χ4v) is 3.05. The van der Waals surface area contributed by atoms with Crippen LogP contribution in [0.5, 0.6) is 0 Å². The van der Waals surface area contributed by atoms with E-state index in [1.54, 1.807) is 36.4 Å². The minimum atomic E-state index is -0.491. The van der Waals surface area contributed by atoms with Crippen LogP contribution in [0.1, 0.15) is 5.76 Å². The van der Waals surface area contributed by atoms with Gasteiger partial charge in [-0.2, -0.15) is 0 Å². The lowest BCUT2D eigenvalue weighted by atomic mass is 10.2. The molecule has 0 spiro atoms. The zero-order valence-corrected chi connectivity index (χ0v) is 16.8. The molecule has 1 heterocycles. The fourth-order valence-electron chi connectivity index (χ4n) is 2.20. The molecule has 0 fully saturated rings. The molecule has 7 heteroatoms. The van der Waals surface area contributed by atoms with Crippen LogP contribution in [0.15, 0.2) is 59.0 Å². The second kappa shape index (κ2) is 8.24. The molecule has 2 aromatic carbocycles. The van der Waals surface area contributed by atoms with Gasteiger partial charge in [0.25, 0.3) is 0 Å². The summed E-state index contributed by atoms with van der Waals surface area (Å²) in [6.07, 6.45) is 2.75. The Hall–Kier alpha value is -1.83. The molecule has 26 heavy (non-hydrogen) atoms. The predicted octanol–water partition coefficient (Wildman–Crippen LogP) is 6.65. The minimum absolute atomic E-state index is 0.117. The van der Waals surface area contributed by atoms with Crippen LogP contribution in [0.25, 0.3) is 17.4 Å². The lowest BCUT2D eigenvalue weighted by Gasteiger charge is -2.03. The normalized spacial score (nSPS) is 11.1. The third kappa shape index (κ3) is 4.47. The molecule has 0 bridgehead atoms. The first kappa shape index (κ1) is 18.9. The molecule has 0 atom stereocenters. The molecule has 1 aromatic heterocycles. The maximum atomic E-state index is 13.8. The Kier molecular flexibility index (Phi) is 6.01. The van der Waals surface area contributed by atoms with Crippen molar-refractivity contribution in [1.82, 2.24) is 0 Å². The molecule has 0 radical (unpaired) electrons. The van der Waals surface area contributed by atoms with Crippen molar-refractivity contribution in [2.24, 2.45) is 0 Å². The van der Waals surface area contributed by atoms with Crippen molar-refractivity contribution in [3.63, 3.8) is 0 Å². The molecule has 0 saturated carbocycles. The Bertz CT molecular complexity index is 1000. The number of furan rings is 1. The molecule has 1 amide bonds.